The van der Waals surface area contributed by atoms with Crippen molar-refractivity contribution in [1.29, 1.82) is 0 Å². The lowest BCUT2D eigenvalue weighted by Crippen LogP contribution is -2.39. The van der Waals surface area contributed by atoms with E-state index in [1.165, 1.54) is 18.3 Å². The molecule has 26 heavy (non-hydrogen) atoms. The summed E-state index contributed by atoms with van der Waals surface area (Å²) in [6.45, 7) is 4.14. The van der Waals surface area contributed by atoms with Crippen LogP contribution in [0.3, 0.4) is 0 Å². The summed E-state index contributed by atoms with van der Waals surface area (Å²) in [4.78, 5) is 29.9. The van der Waals surface area contributed by atoms with E-state index in [1.54, 1.807) is 4.90 Å². The lowest BCUT2D eigenvalue weighted by molar-refractivity contribution is -0.133. The van der Waals surface area contributed by atoms with Crippen LogP contribution in [0.25, 0.3) is 0 Å². The van der Waals surface area contributed by atoms with Crippen LogP contribution in [0, 0.1) is 0 Å². The third-order valence-electron chi connectivity index (χ3n) is 4.18. The Morgan fingerprint density at radius 2 is 2.19 bits per heavy atom. The highest BCUT2D eigenvalue weighted by atomic mass is 32.1. The number of aryl methyl sites for hydroxylation is 1. The van der Waals surface area contributed by atoms with E-state index in [9.17, 15) is 9.59 Å². The van der Waals surface area contributed by atoms with Gasteiger partial charge < -0.3 is 15.5 Å². The average molecular weight is 374 g/mol. The molecule has 2 aromatic rings. The van der Waals surface area contributed by atoms with Crippen LogP contribution < -0.4 is 10.6 Å². The summed E-state index contributed by atoms with van der Waals surface area (Å²) in [6.07, 6.45) is 2.63. The van der Waals surface area contributed by atoms with Crippen molar-refractivity contribution in [1.82, 2.24) is 25.4 Å². The molecule has 1 fully saturated rings. The third-order valence-corrected chi connectivity index (χ3v) is 5.16. The number of aromatic nitrogens is 3. The Hall–Kier alpha value is -2.55. The number of hydrogen-bond acceptors (Lipinski definition) is 7. The lowest BCUT2D eigenvalue weighted by Gasteiger charge is -2.24. The molecule has 1 atom stereocenters. The molecule has 138 valence electrons. The van der Waals surface area contributed by atoms with Crippen molar-refractivity contribution in [3.63, 3.8) is 0 Å². The van der Waals surface area contributed by atoms with Gasteiger partial charge in [-0.25, -0.2) is 4.98 Å². The maximum absolute atomic E-state index is 12.4. The monoisotopic (exact) mass is 374 g/mol. The number of nitrogens with one attached hydrogen (secondary N) is 2. The molecular formula is C17H22N6O2S. The highest BCUT2D eigenvalue weighted by Crippen LogP contribution is 2.31. The second kappa shape index (κ2) is 8.22. The van der Waals surface area contributed by atoms with E-state index < -0.39 is 0 Å². The number of hydrogen-bond donors (Lipinski definition) is 2. The van der Waals surface area contributed by atoms with E-state index >= 15 is 0 Å². The fraction of sp³-hybridized carbons (Fsp3) is 0.471. The van der Waals surface area contributed by atoms with E-state index in [2.05, 4.69) is 25.8 Å². The minimum atomic E-state index is -0.207. The van der Waals surface area contributed by atoms with E-state index in [-0.39, 0.29) is 24.4 Å². The summed E-state index contributed by atoms with van der Waals surface area (Å²) in [5, 5.41) is 15.6. The topological polar surface area (TPSA) is 100 Å². The lowest BCUT2D eigenvalue weighted by atomic mass is 10.1. The minimum absolute atomic E-state index is 0.0222. The molecule has 3 rings (SSSR count). The van der Waals surface area contributed by atoms with Gasteiger partial charge in [0.15, 0.2) is 0 Å². The van der Waals surface area contributed by atoms with Crippen LogP contribution in [0.15, 0.2) is 18.2 Å². The van der Waals surface area contributed by atoms with Gasteiger partial charge in [0.05, 0.1) is 18.3 Å². The number of likely N-dealkylation sites (tertiary alicyclic amines) is 1. The first-order chi connectivity index (χ1) is 12.6. The molecule has 1 unspecified atom stereocenters. The predicted octanol–water partition coefficient (Wildman–Crippen LogP) is 2.04. The Labute approximate surface area is 156 Å². The van der Waals surface area contributed by atoms with E-state index in [0.29, 0.717) is 17.5 Å². The normalized spacial score (nSPS) is 16.5. The number of carbonyl (C=O) groups is 2. The van der Waals surface area contributed by atoms with Crippen molar-refractivity contribution in [3.8, 4) is 0 Å². The Bertz CT molecular complexity index is 793. The zero-order valence-corrected chi connectivity index (χ0v) is 15.7. The van der Waals surface area contributed by atoms with Gasteiger partial charge in [-0.2, -0.15) is 0 Å². The molecule has 0 radical (unpaired) electrons. The first-order valence-corrected chi connectivity index (χ1v) is 9.48. The van der Waals surface area contributed by atoms with Gasteiger partial charge in [-0.15, -0.1) is 10.2 Å². The SMILES string of the molecule is CCc1nnc(Nc2cccc(C3CCCN3C(=O)CNC(C)=O)n2)s1. The van der Waals surface area contributed by atoms with Crippen molar-refractivity contribution < 1.29 is 9.59 Å². The molecule has 0 spiro atoms. The fourth-order valence-electron chi connectivity index (χ4n) is 2.94. The van der Waals surface area contributed by atoms with Crippen LogP contribution >= 0.6 is 11.3 Å². The molecule has 2 amide bonds. The largest absolute Gasteiger partial charge is 0.347 e. The van der Waals surface area contributed by atoms with E-state index in [1.807, 2.05) is 25.1 Å². The fourth-order valence-corrected chi connectivity index (χ4v) is 3.62. The van der Waals surface area contributed by atoms with Crippen LogP contribution in [0.2, 0.25) is 0 Å². The van der Waals surface area contributed by atoms with Crippen LogP contribution in [0.5, 0.6) is 0 Å². The number of pyridine rings is 1. The Kier molecular flexibility index (Phi) is 5.77. The predicted molar refractivity (Wildman–Crippen MR) is 99.2 cm³/mol. The van der Waals surface area contributed by atoms with Gasteiger partial charge in [0, 0.05) is 13.5 Å². The van der Waals surface area contributed by atoms with E-state index in [0.717, 1.165) is 30.0 Å². The van der Waals surface area contributed by atoms with Crippen LogP contribution in [-0.2, 0) is 16.0 Å². The third kappa shape index (κ3) is 4.34. The zero-order valence-electron chi connectivity index (χ0n) is 14.9. The van der Waals surface area contributed by atoms with Gasteiger partial charge in [0.1, 0.15) is 10.8 Å². The molecule has 8 nitrogen and oxygen atoms in total. The highest BCUT2D eigenvalue weighted by molar-refractivity contribution is 7.15. The highest BCUT2D eigenvalue weighted by Gasteiger charge is 2.30. The molecule has 0 aliphatic carbocycles. The average Bonchev–Trinajstić information content (AvgIpc) is 3.29. The first-order valence-electron chi connectivity index (χ1n) is 8.67. The second-order valence-electron chi connectivity index (χ2n) is 6.08. The molecule has 1 aliphatic rings. The molecule has 1 saturated heterocycles. The summed E-state index contributed by atoms with van der Waals surface area (Å²) in [5.41, 5.74) is 0.837. The van der Waals surface area contributed by atoms with Gasteiger partial charge in [0.25, 0.3) is 0 Å². The van der Waals surface area contributed by atoms with Crippen LogP contribution in [-0.4, -0.2) is 45.0 Å². The van der Waals surface area contributed by atoms with Crippen molar-refractivity contribution >= 4 is 34.1 Å². The molecule has 2 aromatic heterocycles. The van der Waals surface area contributed by atoms with Crippen LogP contribution in [0.1, 0.15) is 43.4 Å². The maximum Gasteiger partial charge on any atom is 0.242 e. The van der Waals surface area contributed by atoms with Crippen LogP contribution in [0.4, 0.5) is 10.9 Å². The molecule has 1 aliphatic heterocycles. The standard InChI is InChI=1S/C17H22N6O2S/c1-3-15-21-22-17(26-15)20-14-8-4-6-12(19-14)13-7-5-9-23(13)16(25)10-18-11(2)24/h4,6,8,13H,3,5,7,9-10H2,1-2H3,(H,18,24)(H,19,20,22). The van der Waals surface area contributed by atoms with Gasteiger partial charge in [0.2, 0.25) is 16.9 Å². The Balaban J connectivity index is 1.71. The molecule has 0 aromatic carbocycles. The van der Waals surface area contributed by atoms with Gasteiger partial charge in [-0.1, -0.05) is 24.3 Å². The Morgan fingerprint density at radius 1 is 1.35 bits per heavy atom. The molecular weight excluding hydrogens is 352 g/mol. The smallest absolute Gasteiger partial charge is 0.242 e. The molecule has 2 N–H and O–H groups in total. The maximum atomic E-state index is 12.4. The summed E-state index contributed by atoms with van der Waals surface area (Å²) in [7, 11) is 0. The summed E-state index contributed by atoms with van der Waals surface area (Å²) in [5.74, 6) is 0.393. The number of rotatable bonds is 6. The zero-order chi connectivity index (χ0) is 18.5. The van der Waals surface area contributed by atoms with Crippen molar-refractivity contribution in [3.05, 3.63) is 28.9 Å². The molecule has 9 heteroatoms. The van der Waals surface area contributed by atoms with Gasteiger partial charge in [-0.05, 0) is 31.4 Å². The Morgan fingerprint density at radius 3 is 2.92 bits per heavy atom. The number of carbonyl (C=O) groups excluding carboxylic acids is 2. The quantitative estimate of drug-likeness (QED) is 0.803. The van der Waals surface area contributed by atoms with Crippen molar-refractivity contribution in [2.45, 2.75) is 39.2 Å². The van der Waals surface area contributed by atoms with Crippen molar-refractivity contribution in [2.75, 3.05) is 18.4 Å². The molecule has 0 bridgehead atoms. The summed E-state index contributed by atoms with van der Waals surface area (Å²) >= 11 is 1.50. The van der Waals surface area contributed by atoms with Gasteiger partial charge >= 0.3 is 0 Å². The number of amides is 2. The first kappa shape index (κ1) is 18.2. The summed E-state index contributed by atoms with van der Waals surface area (Å²) < 4.78 is 0. The minimum Gasteiger partial charge on any atom is -0.347 e. The molecule has 3 heterocycles. The van der Waals surface area contributed by atoms with Crippen molar-refractivity contribution in [2.24, 2.45) is 0 Å². The number of anilines is 2. The second-order valence-corrected chi connectivity index (χ2v) is 7.14. The number of nitrogens with zero attached hydrogens (tertiary/aromatic N) is 4. The molecule has 0 saturated carbocycles. The summed E-state index contributed by atoms with van der Waals surface area (Å²) in [6, 6.07) is 5.65. The van der Waals surface area contributed by atoms with Gasteiger partial charge in [-0.3, -0.25) is 9.59 Å². The van der Waals surface area contributed by atoms with E-state index in [4.69, 9.17) is 0 Å².